The highest BCUT2D eigenvalue weighted by atomic mass is 16.7. The van der Waals surface area contributed by atoms with Crippen molar-refractivity contribution < 1.29 is 24.1 Å². The molecule has 0 radical (unpaired) electrons. The van der Waals surface area contributed by atoms with Crippen LogP contribution in [0.15, 0.2) is 35.4 Å². The van der Waals surface area contributed by atoms with Crippen LogP contribution in [0, 0.1) is 0 Å². The topological polar surface area (TPSA) is 68.2 Å². The number of carbonyl (C=O) groups excluding carboxylic acids is 1. The van der Waals surface area contributed by atoms with Crippen molar-refractivity contribution in [2.24, 2.45) is 0 Å². The minimum absolute atomic E-state index is 0.0236. The van der Waals surface area contributed by atoms with Crippen molar-refractivity contribution in [3.8, 4) is 11.5 Å². The number of rotatable bonds is 5. The van der Waals surface area contributed by atoms with Crippen molar-refractivity contribution >= 4 is 5.97 Å². The quantitative estimate of drug-likeness (QED) is 0.531. The summed E-state index contributed by atoms with van der Waals surface area (Å²) in [5, 5.41) is 10.9. The number of hydrogen-bond donors (Lipinski definition) is 1. The minimum Gasteiger partial charge on any atom is -0.455 e. The Bertz CT molecular complexity index is 1020. The Balaban J connectivity index is 1.49. The summed E-state index contributed by atoms with van der Waals surface area (Å²) in [6.45, 7) is 9.91. The molecule has 1 N–H and O–H groups in total. The molecule has 33 heavy (non-hydrogen) atoms. The van der Waals surface area contributed by atoms with Crippen molar-refractivity contribution in [2.75, 3.05) is 19.9 Å². The van der Waals surface area contributed by atoms with Gasteiger partial charge in [-0.25, -0.2) is 4.79 Å². The van der Waals surface area contributed by atoms with Crippen molar-refractivity contribution in [1.82, 2.24) is 4.90 Å². The summed E-state index contributed by atoms with van der Waals surface area (Å²) in [7, 11) is 0. The monoisotopic (exact) mass is 453 g/mol. The molecule has 1 aliphatic carbocycles. The predicted molar refractivity (Wildman–Crippen MR) is 125 cm³/mol. The molecule has 0 saturated carbocycles. The number of ether oxygens (including phenoxy) is 3. The number of allylic oxidation sites excluding steroid dienone is 2. The zero-order valence-corrected chi connectivity index (χ0v) is 20.1. The third kappa shape index (κ3) is 3.77. The molecule has 3 heterocycles. The lowest BCUT2D eigenvalue weighted by Gasteiger charge is -2.40. The Labute approximate surface area is 196 Å². The van der Waals surface area contributed by atoms with Crippen molar-refractivity contribution in [1.29, 1.82) is 0 Å². The molecule has 1 aromatic rings. The molecule has 1 unspecified atom stereocenters. The molecule has 3 aliphatic heterocycles. The Morgan fingerprint density at radius 1 is 1.30 bits per heavy atom. The lowest BCUT2D eigenvalue weighted by atomic mass is 9.77. The smallest absolute Gasteiger partial charge is 0.338 e. The molecule has 0 bridgehead atoms. The van der Waals surface area contributed by atoms with Gasteiger partial charge < -0.3 is 19.3 Å². The van der Waals surface area contributed by atoms with E-state index in [0.29, 0.717) is 12.8 Å². The summed E-state index contributed by atoms with van der Waals surface area (Å²) in [4.78, 5) is 15.8. The van der Waals surface area contributed by atoms with Gasteiger partial charge in [0, 0.05) is 12.5 Å². The highest BCUT2D eigenvalue weighted by Crippen LogP contribution is 2.55. The van der Waals surface area contributed by atoms with Crippen LogP contribution in [0.1, 0.15) is 70.4 Å². The van der Waals surface area contributed by atoms with Gasteiger partial charge in [-0.1, -0.05) is 17.7 Å². The molecule has 178 valence electrons. The fourth-order valence-electron chi connectivity index (χ4n) is 6.19. The molecule has 4 atom stereocenters. The number of hydrogen-bond acceptors (Lipinski definition) is 6. The summed E-state index contributed by atoms with van der Waals surface area (Å²) in [5.41, 5.74) is 2.95. The van der Waals surface area contributed by atoms with Crippen LogP contribution in [0.3, 0.4) is 0 Å². The second kappa shape index (κ2) is 8.17. The first-order valence-electron chi connectivity index (χ1n) is 12.1. The van der Waals surface area contributed by atoms with E-state index in [9.17, 15) is 9.90 Å². The van der Waals surface area contributed by atoms with Crippen LogP contribution in [-0.2, 0) is 16.0 Å². The van der Waals surface area contributed by atoms with Gasteiger partial charge in [0.25, 0.3) is 0 Å². The molecule has 1 fully saturated rings. The third-order valence-electron chi connectivity index (χ3n) is 7.84. The number of fused-ring (bicyclic) bond motifs is 3. The SMILES string of the molecule is CC(C)=CCC[C@](C)(O)C(=O)OC1C(C)=C[C@@]23CCCN2CCc2cc4c(cc2[C@H]13)OCO4. The van der Waals surface area contributed by atoms with Gasteiger partial charge in [0.15, 0.2) is 17.1 Å². The maximum atomic E-state index is 13.2. The van der Waals surface area contributed by atoms with Gasteiger partial charge in [-0.3, -0.25) is 4.90 Å². The van der Waals surface area contributed by atoms with E-state index in [2.05, 4.69) is 30.0 Å². The van der Waals surface area contributed by atoms with E-state index in [1.54, 1.807) is 6.92 Å². The number of benzene rings is 1. The number of carbonyl (C=O) groups is 1. The Hall–Kier alpha value is -2.31. The molecule has 1 saturated heterocycles. The molecule has 6 heteroatoms. The van der Waals surface area contributed by atoms with Crippen LogP contribution >= 0.6 is 0 Å². The molecule has 0 aromatic heterocycles. The van der Waals surface area contributed by atoms with E-state index in [-0.39, 0.29) is 18.2 Å². The Morgan fingerprint density at radius 3 is 2.82 bits per heavy atom. The van der Waals surface area contributed by atoms with Gasteiger partial charge in [-0.2, -0.15) is 0 Å². The van der Waals surface area contributed by atoms with Crippen molar-refractivity contribution in [3.63, 3.8) is 0 Å². The van der Waals surface area contributed by atoms with Gasteiger partial charge in [0.05, 0.1) is 5.54 Å². The van der Waals surface area contributed by atoms with Crippen LogP contribution in [0.5, 0.6) is 11.5 Å². The van der Waals surface area contributed by atoms with Gasteiger partial charge in [-0.05, 0) is 95.2 Å². The first-order chi connectivity index (χ1) is 15.7. The first kappa shape index (κ1) is 22.5. The van der Waals surface area contributed by atoms with E-state index in [1.165, 1.54) is 16.7 Å². The Morgan fingerprint density at radius 2 is 2.06 bits per heavy atom. The summed E-state index contributed by atoms with van der Waals surface area (Å²) in [6, 6.07) is 4.21. The maximum absolute atomic E-state index is 13.2. The zero-order valence-electron chi connectivity index (χ0n) is 20.1. The van der Waals surface area contributed by atoms with Crippen molar-refractivity contribution in [3.05, 3.63) is 46.6 Å². The molecular weight excluding hydrogens is 418 g/mol. The second-order valence-electron chi connectivity index (χ2n) is 10.5. The number of nitrogens with zero attached hydrogens (tertiary/aromatic N) is 1. The summed E-state index contributed by atoms with van der Waals surface area (Å²) >= 11 is 0. The highest BCUT2D eigenvalue weighted by molar-refractivity contribution is 5.79. The van der Waals surface area contributed by atoms with E-state index in [1.807, 2.05) is 19.9 Å². The lowest BCUT2D eigenvalue weighted by molar-refractivity contribution is -0.169. The van der Waals surface area contributed by atoms with Crippen LogP contribution in [0.2, 0.25) is 0 Å². The Kier molecular flexibility index (Phi) is 5.57. The fourth-order valence-corrected chi connectivity index (χ4v) is 6.19. The molecular formula is C27H35NO5. The van der Waals surface area contributed by atoms with Crippen LogP contribution < -0.4 is 9.47 Å². The van der Waals surface area contributed by atoms with Gasteiger partial charge in [0.2, 0.25) is 6.79 Å². The highest BCUT2D eigenvalue weighted by Gasteiger charge is 2.57. The average molecular weight is 454 g/mol. The second-order valence-corrected chi connectivity index (χ2v) is 10.5. The summed E-state index contributed by atoms with van der Waals surface area (Å²) < 4.78 is 17.5. The summed E-state index contributed by atoms with van der Waals surface area (Å²) in [5.74, 6) is 0.988. The molecule has 1 aromatic carbocycles. The molecule has 5 rings (SSSR count). The zero-order chi connectivity index (χ0) is 23.4. The first-order valence-corrected chi connectivity index (χ1v) is 12.1. The fraction of sp³-hybridized carbons (Fsp3) is 0.593. The normalized spacial score (nSPS) is 29.3. The van der Waals surface area contributed by atoms with E-state index < -0.39 is 17.7 Å². The third-order valence-corrected chi connectivity index (χ3v) is 7.84. The minimum atomic E-state index is -1.53. The lowest BCUT2D eigenvalue weighted by Crippen LogP contribution is -2.48. The largest absolute Gasteiger partial charge is 0.455 e. The molecule has 6 nitrogen and oxygen atoms in total. The molecule has 0 amide bonds. The van der Waals surface area contributed by atoms with E-state index >= 15 is 0 Å². The van der Waals surface area contributed by atoms with E-state index in [0.717, 1.165) is 49.4 Å². The summed E-state index contributed by atoms with van der Waals surface area (Å²) in [6.07, 6.45) is 8.03. The maximum Gasteiger partial charge on any atom is 0.338 e. The van der Waals surface area contributed by atoms with Crippen LogP contribution in [0.25, 0.3) is 0 Å². The average Bonchev–Trinajstić information content (AvgIpc) is 3.41. The van der Waals surface area contributed by atoms with Gasteiger partial charge in [0.1, 0.15) is 6.10 Å². The molecule has 4 aliphatic rings. The molecule has 1 spiro atoms. The standard InChI is InChI=1S/C27H35NO5/c1-17(2)7-5-9-26(4,30)25(29)33-24-18(3)15-27-10-6-11-28(27)12-8-19-13-21-22(32-16-31-21)14-20(19)23(24)27/h7,13-15,23-24,30H,5-6,8-12,16H2,1-4H3/t23-,24?,26+,27-/m1/s1. The van der Waals surface area contributed by atoms with Crippen LogP contribution in [-0.4, -0.2) is 53.1 Å². The van der Waals surface area contributed by atoms with Crippen molar-refractivity contribution in [2.45, 2.75) is 83.0 Å². The van der Waals surface area contributed by atoms with Crippen LogP contribution in [0.4, 0.5) is 0 Å². The van der Waals surface area contributed by atoms with Gasteiger partial charge >= 0.3 is 5.97 Å². The number of esters is 1. The van der Waals surface area contributed by atoms with E-state index in [4.69, 9.17) is 14.2 Å². The predicted octanol–water partition coefficient (Wildman–Crippen LogP) is 4.26. The van der Waals surface area contributed by atoms with Gasteiger partial charge in [-0.15, -0.1) is 0 Å². The number of aliphatic hydroxyl groups is 1.